The fraction of sp³-hybridized carbons (Fsp3) is 0.0385. The number of rotatable bonds is 6. The van der Waals surface area contributed by atoms with Crippen molar-refractivity contribution in [3.05, 3.63) is 101 Å². The predicted molar refractivity (Wildman–Crippen MR) is 140 cm³/mol. The summed E-state index contributed by atoms with van der Waals surface area (Å²) in [5.41, 5.74) is 10.7. The number of aromatic nitrogens is 3. The van der Waals surface area contributed by atoms with Crippen molar-refractivity contribution in [1.82, 2.24) is 15.0 Å². The topological polar surface area (TPSA) is 73.9 Å². The number of thiophene rings is 1. The van der Waals surface area contributed by atoms with E-state index >= 15 is 0 Å². The smallest absolute Gasteiger partial charge is 0.144 e. The molecule has 7 heteroatoms. The number of hydrogen-bond donors (Lipinski definition) is 1. The van der Waals surface area contributed by atoms with Crippen LogP contribution in [0.3, 0.4) is 0 Å². The first-order chi connectivity index (χ1) is 16.1. The highest BCUT2D eigenvalue weighted by Crippen LogP contribution is 2.40. The highest BCUT2D eigenvalue weighted by Gasteiger charge is 2.19. The van der Waals surface area contributed by atoms with Gasteiger partial charge in [-0.25, -0.2) is 15.0 Å². The minimum Gasteiger partial charge on any atom is -0.488 e. The molecule has 3 heterocycles. The number of pyridine rings is 1. The van der Waals surface area contributed by atoms with E-state index in [9.17, 15) is 0 Å². The summed E-state index contributed by atoms with van der Waals surface area (Å²) in [4.78, 5) is 14.5. The second kappa shape index (κ2) is 9.13. The molecule has 0 saturated carbocycles. The summed E-state index contributed by atoms with van der Waals surface area (Å²) in [7, 11) is 0. The molecule has 5 rings (SSSR count). The first-order valence-corrected chi connectivity index (χ1v) is 11.8. The summed E-state index contributed by atoms with van der Waals surface area (Å²) >= 11 is 4.96. The van der Waals surface area contributed by atoms with Gasteiger partial charge in [-0.2, -0.15) is 0 Å². The van der Waals surface area contributed by atoms with Crippen LogP contribution >= 0.6 is 27.3 Å². The van der Waals surface area contributed by atoms with Crippen molar-refractivity contribution in [2.75, 3.05) is 5.73 Å². The lowest BCUT2D eigenvalue weighted by Gasteiger charge is -2.14. The Morgan fingerprint density at radius 2 is 1.88 bits per heavy atom. The van der Waals surface area contributed by atoms with E-state index in [-0.39, 0.29) is 0 Å². The van der Waals surface area contributed by atoms with E-state index in [1.54, 1.807) is 6.08 Å². The van der Waals surface area contributed by atoms with Gasteiger partial charge in [-0.1, -0.05) is 71.0 Å². The van der Waals surface area contributed by atoms with Gasteiger partial charge in [0.15, 0.2) is 0 Å². The van der Waals surface area contributed by atoms with E-state index in [1.165, 1.54) is 17.7 Å². The van der Waals surface area contributed by atoms with Crippen LogP contribution < -0.4 is 5.73 Å². The number of benzene rings is 2. The lowest BCUT2D eigenvalue weighted by Crippen LogP contribution is -1.97. The van der Waals surface area contributed by atoms with Gasteiger partial charge in [0.2, 0.25) is 0 Å². The molecule has 0 aliphatic carbocycles. The van der Waals surface area contributed by atoms with E-state index in [1.807, 2.05) is 66.7 Å². The zero-order chi connectivity index (χ0) is 22.8. The number of nitrogens with two attached hydrogens (primary N) is 1. The number of fused-ring (bicyclic) bond motifs is 3. The highest BCUT2D eigenvalue weighted by molar-refractivity contribution is 9.10. The molecule has 0 aliphatic rings. The monoisotopic (exact) mass is 514 g/mol. The van der Waals surface area contributed by atoms with Gasteiger partial charge in [0.05, 0.1) is 15.9 Å². The van der Waals surface area contributed by atoms with Gasteiger partial charge < -0.3 is 10.5 Å². The van der Waals surface area contributed by atoms with E-state index in [4.69, 9.17) is 15.5 Å². The maximum absolute atomic E-state index is 6.32. The number of hydrogen-bond acceptors (Lipinski definition) is 6. The second-order valence-electron chi connectivity index (χ2n) is 7.32. The highest BCUT2D eigenvalue weighted by atomic mass is 79.9. The van der Waals surface area contributed by atoms with Crippen LogP contribution in [0.4, 0.5) is 5.82 Å². The largest absolute Gasteiger partial charge is 0.488 e. The van der Waals surface area contributed by atoms with Crippen LogP contribution in [0, 0.1) is 0 Å². The van der Waals surface area contributed by atoms with Crippen molar-refractivity contribution < 1.29 is 4.74 Å². The Bertz CT molecular complexity index is 1490. The molecule has 0 unspecified atom stereocenters. The summed E-state index contributed by atoms with van der Waals surface area (Å²) in [5.74, 6) is 1.13. The zero-order valence-electron chi connectivity index (χ0n) is 17.5. The van der Waals surface area contributed by atoms with Crippen LogP contribution in [0.1, 0.15) is 11.1 Å². The molecule has 0 amide bonds. The average molecular weight is 515 g/mol. The lowest BCUT2D eigenvalue weighted by molar-refractivity contribution is 0.265. The molecule has 0 bridgehead atoms. The maximum Gasteiger partial charge on any atom is 0.144 e. The molecule has 0 radical (unpaired) electrons. The SMILES string of the molecule is C=C/C=C(\OCc1ccc(Br)cc1)c1cc(-c2ccccc2)nc2sc3c(N)ncnc3c12. The molecule has 0 saturated heterocycles. The zero-order valence-corrected chi connectivity index (χ0v) is 19.9. The van der Waals surface area contributed by atoms with Crippen LogP contribution in [0.2, 0.25) is 0 Å². The summed E-state index contributed by atoms with van der Waals surface area (Å²) in [6.07, 6.45) is 5.08. The molecule has 2 N–H and O–H groups in total. The molecule has 0 atom stereocenters. The van der Waals surface area contributed by atoms with Crippen molar-refractivity contribution in [2.24, 2.45) is 0 Å². The van der Waals surface area contributed by atoms with Crippen LogP contribution in [0.25, 0.3) is 37.4 Å². The molecule has 33 heavy (non-hydrogen) atoms. The van der Waals surface area contributed by atoms with E-state index in [0.717, 1.165) is 47.3 Å². The molecule has 0 spiro atoms. The minimum atomic E-state index is 0.413. The lowest BCUT2D eigenvalue weighted by atomic mass is 10.0. The van der Waals surface area contributed by atoms with Gasteiger partial charge >= 0.3 is 0 Å². The van der Waals surface area contributed by atoms with Crippen molar-refractivity contribution in [3.63, 3.8) is 0 Å². The Balaban J connectivity index is 1.69. The van der Waals surface area contributed by atoms with E-state index < -0.39 is 0 Å². The number of nitrogens with zero attached hydrogens (tertiary/aromatic N) is 3. The standard InChI is InChI=1S/C26H19BrN4OS/c1-2-6-21(32-14-16-9-11-18(27)12-10-16)19-13-20(17-7-4-3-5-8-17)31-26-22(19)23-24(33-26)25(28)30-15-29-23/h2-13,15H,1,14H2,(H2,28,29,30)/b21-6-. The van der Waals surface area contributed by atoms with Crippen molar-refractivity contribution in [3.8, 4) is 11.3 Å². The molecule has 0 fully saturated rings. The molecule has 3 aromatic heterocycles. The third-order valence-electron chi connectivity index (χ3n) is 5.17. The summed E-state index contributed by atoms with van der Waals surface area (Å²) < 4.78 is 8.16. The van der Waals surface area contributed by atoms with Gasteiger partial charge in [0, 0.05) is 21.0 Å². The normalized spacial score (nSPS) is 11.7. The first-order valence-electron chi connectivity index (χ1n) is 10.2. The van der Waals surface area contributed by atoms with Gasteiger partial charge in [0.25, 0.3) is 0 Å². The van der Waals surface area contributed by atoms with Crippen LogP contribution in [-0.4, -0.2) is 15.0 Å². The molecule has 0 aliphatic heterocycles. The Morgan fingerprint density at radius 1 is 1.09 bits per heavy atom. The van der Waals surface area contributed by atoms with Gasteiger partial charge in [-0.05, 0) is 29.8 Å². The number of anilines is 1. The molecule has 162 valence electrons. The first kappa shape index (κ1) is 21.3. The van der Waals surface area contributed by atoms with Gasteiger partial charge in [-0.3, -0.25) is 0 Å². The summed E-state index contributed by atoms with van der Waals surface area (Å²) in [6.45, 7) is 4.31. The van der Waals surface area contributed by atoms with Gasteiger partial charge in [0.1, 0.15) is 29.3 Å². The number of ether oxygens (including phenoxy) is 1. The summed E-state index contributed by atoms with van der Waals surface area (Å²) in [5, 5.41) is 0.896. The fourth-order valence-electron chi connectivity index (χ4n) is 3.60. The van der Waals surface area contributed by atoms with E-state index in [0.29, 0.717) is 18.2 Å². The number of nitrogen functional groups attached to an aromatic ring is 1. The van der Waals surface area contributed by atoms with Gasteiger partial charge in [-0.15, -0.1) is 11.3 Å². The van der Waals surface area contributed by atoms with Crippen molar-refractivity contribution in [2.45, 2.75) is 6.61 Å². The Labute approximate surface area is 203 Å². The number of halogens is 1. The predicted octanol–water partition coefficient (Wildman–Crippen LogP) is 6.99. The molecule has 2 aromatic carbocycles. The Hall–Kier alpha value is -3.55. The third kappa shape index (κ3) is 4.25. The fourth-order valence-corrected chi connectivity index (χ4v) is 4.92. The van der Waals surface area contributed by atoms with Crippen LogP contribution in [0.5, 0.6) is 0 Å². The van der Waals surface area contributed by atoms with Crippen molar-refractivity contribution >= 4 is 59.3 Å². The van der Waals surface area contributed by atoms with Crippen molar-refractivity contribution in [1.29, 1.82) is 0 Å². The Kier molecular flexibility index (Phi) is 5.90. The number of allylic oxidation sites excluding steroid dienone is 2. The second-order valence-corrected chi connectivity index (χ2v) is 9.24. The molecular formula is C26H19BrN4OS. The van der Waals surface area contributed by atoms with Crippen LogP contribution in [-0.2, 0) is 11.3 Å². The molecular weight excluding hydrogens is 496 g/mol. The average Bonchev–Trinajstić information content (AvgIpc) is 3.23. The van der Waals surface area contributed by atoms with E-state index in [2.05, 4.69) is 32.5 Å². The van der Waals surface area contributed by atoms with Crippen LogP contribution in [0.15, 0.2) is 90.2 Å². The molecule has 5 aromatic rings. The minimum absolute atomic E-state index is 0.413. The quantitative estimate of drug-likeness (QED) is 0.195. The molecule has 5 nitrogen and oxygen atoms in total. The summed E-state index contributed by atoms with van der Waals surface area (Å²) in [6, 6.07) is 20.2. The Morgan fingerprint density at radius 3 is 2.64 bits per heavy atom. The third-order valence-corrected chi connectivity index (χ3v) is 6.79. The maximum atomic E-state index is 6.32.